The van der Waals surface area contributed by atoms with Crippen molar-refractivity contribution in [3.8, 4) is 0 Å². The summed E-state index contributed by atoms with van der Waals surface area (Å²) in [4.78, 5) is 16.3. The minimum atomic E-state index is -0.181. The molecular weight excluding hydrogens is 627 g/mol. The third kappa shape index (κ3) is 6.91. The number of hydrogen-bond acceptors (Lipinski definition) is 5. The second kappa shape index (κ2) is 14.5. The molecule has 4 fully saturated rings. The molecule has 2 unspecified atom stereocenters. The average molecular weight is 690 g/mol. The Labute approximate surface area is 307 Å². The number of hydrogen-bond donors (Lipinski definition) is 2. The van der Waals surface area contributed by atoms with Gasteiger partial charge in [-0.2, -0.15) is 0 Å². The van der Waals surface area contributed by atoms with E-state index in [1.54, 1.807) is 0 Å². The predicted molar refractivity (Wildman–Crippen MR) is 212 cm³/mol. The normalized spacial score (nSPS) is 32.0. The molecule has 7 rings (SSSR count). The molecule has 0 radical (unpaired) electrons. The molecule has 9 atom stereocenters. The molecule has 4 N–H and O–H groups in total. The van der Waals surface area contributed by atoms with Gasteiger partial charge in [-0.05, 0) is 164 Å². The van der Waals surface area contributed by atoms with Crippen LogP contribution in [0.3, 0.4) is 0 Å². The first-order valence-corrected chi connectivity index (χ1v) is 20.3. The number of nitrogen functional groups attached to an aromatic ring is 2. The third-order valence-corrected chi connectivity index (χ3v) is 14.6. The van der Waals surface area contributed by atoms with Gasteiger partial charge in [0.2, 0.25) is 0 Å². The molecular formula is C46H63N3O2. The highest BCUT2D eigenvalue weighted by atomic mass is 16.5. The molecule has 5 nitrogen and oxygen atoms in total. The first-order valence-electron chi connectivity index (χ1n) is 20.3. The average Bonchev–Trinajstić information content (AvgIpc) is 3.41. The predicted octanol–water partition coefficient (Wildman–Crippen LogP) is 12.0. The fourth-order valence-electron chi connectivity index (χ4n) is 12.1. The first kappa shape index (κ1) is 35.9. The minimum absolute atomic E-state index is 0.0297. The van der Waals surface area contributed by atoms with Crippen LogP contribution in [-0.2, 0) is 4.74 Å². The van der Waals surface area contributed by atoms with E-state index in [-0.39, 0.29) is 17.5 Å². The SMILES string of the molecule is CC(C)CCC[C@@H](C)[C@H]1C(OC(=O)c2ccc(N(c3ccc(N)cc3)c3ccc(N)cc3)cc2)C[C@H]2[C@@H]3CCC4CCCC[C@]4(C)[C@H]3CC[C@]12C. The van der Waals surface area contributed by atoms with Crippen LogP contribution >= 0.6 is 0 Å². The van der Waals surface area contributed by atoms with Crippen molar-refractivity contribution in [2.24, 2.45) is 52.3 Å². The zero-order valence-electron chi connectivity index (χ0n) is 32.0. The zero-order valence-corrected chi connectivity index (χ0v) is 32.0. The molecule has 51 heavy (non-hydrogen) atoms. The van der Waals surface area contributed by atoms with Gasteiger partial charge in [-0.1, -0.05) is 66.7 Å². The highest BCUT2D eigenvalue weighted by Gasteiger charge is 2.63. The molecule has 0 heterocycles. The number of anilines is 5. The van der Waals surface area contributed by atoms with E-state index in [0.29, 0.717) is 40.1 Å². The third-order valence-electron chi connectivity index (χ3n) is 14.6. The van der Waals surface area contributed by atoms with Crippen LogP contribution in [0.25, 0.3) is 0 Å². The second-order valence-corrected chi connectivity index (χ2v) is 18.0. The van der Waals surface area contributed by atoms with Gasteiger partial charge >= 0.3 is 5.97 Å². The van der Waals surface area contributed by atoms with Gasteiger partial charge in [0.05, 0.1) is 5.56 Å². The summed E-state index contributed by atoms with van der Waals surface area (Å²) in [5, 5.41) is 0. The lowest BCUT2D eigenvalue weighted by molar-refractivity contribution is -0.115. The highest BCUT2D eigenvalue weighted by molar-refractivity contribution is 5.90. The Bertz CT molecular complexity index is 1590. The van der Waals surface area contributed by atoms with Crippen molar-refractivity contribution in [3.05, 3.63) is 78.4 Å². The molecule has 4 aliphatic rings. The summed E-state index contributed by atoms with van der Waals surface area (Å²) in [6.07, 6.45) is 15.8. The summed E-state index contributed by atoms with van der Waals surface area (Å²) < 4.78 is 6.74. The highest BCUT2D eigenvalue weighted by Crippen LogP contribution is 2.68. The van der Waals surface area contributed by atoms with E-state index in [1.165, 1.54) is 70.6 Å². The van der Waals surface area contributed by atoms with Crippen LogP contribution in [0.15, 0.2) is 72.8 Å². The van der Waals surface area contributed by atoms with Gasteiger partial charge in [0, 0.05) is 34.4 Å². The molecule has 4 saturated carbocycles. The lowest BCUT2D eigenvalue weighted by atomic mass is 9.44. The lowest BCUT2D eigenvalue weighted by Gasteiger charge is -2.60. The summed E-state index contributed by atoms with van der Waals surface area (Å²) in [5.41, 5.74) is 17.8. The number of esters is 1. The van der Waals surface area contributed by atoms with E-state index >= 15 is 0 Å². The van der Waals surface area contributed by atoms with Gasteiger partial charge < -0.3 is 21.1 Å². The van der Waals surface area contributed by atoms with E-state index in [1.807, 2.05) is 72.8 Å². The van der Waals surface area contributed by atoms with Crippen molar-refractivity contribution in [1.29, 1.82) is 0 Å². The van der Waals surface area contributed by atoms with E-state index in [4.69, 9.17) is 16.2 Å². The molecule has 3 aromatic rings. The van der Waals surface area contributed by atoms with Gasteiger partial charge in [0.15, 0.2) is 0 Å². The number of carbonyl (C=O) groups excluding carboxylic acids is 1. The number of fused-ring (bicyclic) bond motifs is 5. The zero-order chi connectivity index (χ0) is 35.9. The quantitative estimate of drug-likeness (QED) is 0.164. The molecule has 4 aliphatic carbocycles. The Balaban J connectivity index is 1.14. The fraction of sp³-hybridized carbons (Fsp3) is 0.587. The van der Waals surface area contributed by atoms with Crippen LogP contribution < -0.4 is 16.4 Å². The maximum atomic E-state index is 14.1. The summed E-state index contributed by atoms with van der Waals surface area (Å²) in [6.45, 7) is 12.4. The van der Waals surface area contributed by atoms with Gasteiger partial charge in [0.1, 0.15) is 6.10 Å². The Morgan fingerprint density at radius 3 is 1.96 bits per heavy atom. The molecule has 0 amide bonds. The largest absolute Gasteiger partial charge is 0.458 e. The van der Waals surface area contributed by atoms with Crippen LogP contribution in [0.1, 0.15) is 122 Å². The van der Waals surface area contributed by atoms with Crippen molar-refractivity contribution in [2.75, 3.05) is 16.4 Å². The van der Waals surface area contributed by atoms with E-state index < -0.39 is 0 Å². The molecule has 0 aliphatic heterocycles. The fourth-order valence-corrected chi connectivity index (χ4v) is 12.1. The van der Waals surface area contributed by atoms with Gasteiger partial charge in [-0.25, -0.2) is 4.79 Å². The number of carbonyl (C=O) groups is 1. The summed E-state index contributed by atoms with van der Waals surface area (Å²) in [7, 11) is 0. The molecule has 0 aromatic heterocycles. The molecule has 5 heteroatoms. The standard InChI is InChI=1S/C46H63N3O2/c1-30(2)9-8-10-31(3)43-42(29-41-39-25-14-33-11-6-7-27-45(33,4)40(39)26-28-46(41,43)5)51-44(50)32-12-19-36(20-13-32)49(37-21-15-34(47)16-22-37)38-23-17-35(48)18-24-38/h12-13,15-24,30-31,33,39-43H,6-11,14,25-29,47-48H2,1-5H3/t31-,33?,39-,40+,41+,42?,43+,45+,46+/m1/s1. The van der Waals surface area contributed by atoms with Gasteiger partial charge in [0.25, 0.3) is 0 Å². The van der Waals surface area contributed by atoms with E-state index in [0.717, 1.165) is 47.2 Å². The summed E-state index contributed by atoms with van der Waals surface area (Å²) in [6, 6.07) is 23.6. The van der Waals surface area contributed by atoms with Crippen LogP contribution in [-0.4, -0.2) is 12.1 Å². The maximum absolute atomic E-state index is 14.1. The van der Waals surface area contributed by atoms with Crippen molar-refractivity contribution >= 4 is 34.4 Å². The first-order chi connectivity index (χ1) is 24.5. The van der Waals surface area contributed by atoms with Crippen molar-refractivity contribution < 1.29 is 9.53 Å². The van der Waals surface area contributed by atoms with Crippen molar-refractivity contribution in [1.82, 2.24) is 0 Å². The van der Waals surface area contributed by atoms with Crippen LogP contribution in [0.5, 0.6) is 0 Å². The van der Waals surface area contributed by atoms with E-state index in [2.05, 4.69) is 39.5 Å². The maximum Gasteiger partial charge on any atom is 0.338 e. The summed E-state index contributed by atoms with van der Waals surface area (Å²) in [5.74, 6) is 4.63. The number of benzene rings is 3. The molecule has 3 aromatic carbocycles. The van der Waals surface area contributed by atoms with Crippen LogP contribution in [0.4, 0.5) is 28.4 Å². The Morgan fingerprint density at radius 1 is 0.745 bits per heavy atom. The van der Waals surface area contributed by atoms with Crippen molar-refractivity contribution in [2.45, 2.75) is 118 Å². The van der Waals surface area contributed by atoms with E-state index in [9.17, 15) is 4.79 Å². The second-order valence-electron chi connectivity index (χ2n) is 18.0. The van der Waals surface area contributed by atoms with Crippen LogP contribution in [0, 0.1) is 52.3 Å². The number of nitrogens with zero attached hydrogens (tertiary/aromatic N) is 1. The smallest absolute Gasteiger partial charge is 0.338 e. The molecule has 0 saturated heterocycles. The van der Waals surface area contributed by atoms with Crippen LogP contribution in [0.2, 0.25) is 0 Å². The number of rotatable bonds is 10. The number of nitrogens with two attached hydrogens (primary N) is 2. The molecule has 0 spiro atoms. The molecule has 274 valence electrons. The minimum Gasteiger partial charge on any atom is -0.458 e. The topological polar surface area (TPSA) is 81.6 Å². The van der Waals surface area contributed by atoms with Crippen molar-refractivity contribution in [3.63, 3.8) is 0 Å². The lowest BCUT2D eigenvalue weighted by Crippen LogP contribution is -2.53. The molecule has 0 bridgehead atoms. The van der Waals surface area contributed by atoms with Gasteiger partial charge in [-0.3, -0.25) is 0 Å². The Morgan fingerprint density at radius 2 is 1.35 bits per heavy atom. The monoisotopic (exact) mass is 689 g/mol. The Hall–Kier alpha value is -3.47. The van der Waals surface area contributed by atoms with Gasteiger partial charge in [-0.15, -0.1) is 0 Å². The summed E-state index contributed by atoms with van der Waals surface area (Å²) >= 11 is 0. The number of ether oxygens (including phenoxy) is 1. The Kier molecular flexibility index (Phi) is 10.2.